The smallest absolute Gasteiger partial charge is 0.308 e. The summed E-state index contributed by atoms with van der Waals surface area (Å²) in [6.07, 6.45) is 3.50. The van der Waals surface area contributed by atoms with Gasteiger partial charge in [-0.15, -0.1) is 0 Å². The van der Waals surface area contributed by atoms with Crippen LogP contribution in [0.4, 0.5) is 0 Å². The summed E-state index contributed by atoms with van der Waals surface area (Å²) < 4.78 is 27.4. The summed E-state index contributed by atoms with van der Waals surface area (Å²) in [7, 11) is -3.96. The summed E-state index contributed by atoms with van der Waals surface area (Å²) in [6.45, 7) is 0.212. The quantitative estimate of drug-likeness (QED) is 0.702. The maximum absolute atomic E-state index is 13.1. The van der Waals surface area contributed by atoms with E-state index in [1.54, 1.807) is 0 Å². The lowest BCUT2D eigenvalue weighted by molar-refractivity contribution is -0.144. The predicted octanol–water partition coefficient (Wildman–Crippen LogP) is 2.76. The van der Waals surface area contributed by atoms with Gasteiger partial charge >= 0.3 is 5.97 Å². The summed E-state index contributed by atoms with van der Waals surface area (Å²) in [5.41, 5.74) is 0. The number of amides is 1. The Morgan fingerprint density at radius 2 is 1.72 bits per heavy atom. The van der Waals surface area contributed by atoms with Gasteiger partial charge in [-0.1, -0.05) is 23.2 Å². The maximum atomic E-state index is 13.1. The Kier molecular flexibility index (Phi) is 5.57. The molecule has 4 rings (SSSR count). The minimum atomic E-state index is -3.96. The number of nitrogens with zero attached hydrogens (tertiary/aromatic N) is 1. The van der Waals surface area contributed by atoms with Gasteiger partial charge in [-0.3, -0.25) is 9.59 Å². The number of sulfonamides is 1. The third-order valence-electron chi connectivity index (χ3n) is 6.46. The molecule has 2 saturated carbocycles. The summed E-state index contributed by atoms with van der Waals surface area (Å²) in [5.74, 6) is -1.70. The third kappa shape index (κ3) is 3.76. The van der Waals surface area contributed by atoms with E-state index in [-0.39, 0.29) is 33.3 Å². The van der Waals surface area contributed by atoms with Crippen LogP contribution < -0.4 is 5.32 Å². The average Bonchev–Trinajstić information content (AvgIpc) is 3.36. The number of benzene rings is 1. The topological polar surface area (TPSA) is 104 Å². The zero-order valence-corrected chi connectivity index (χ0v) is 17.9. The Hall–Kier alpha value is -1.35. The van der Waals surface area contributed by atoms with Crippen LogP contribution in [0, 0.1) is 17.8 Å². The molecule has 1 saturated heterocycles. The highest BCUT2D eigenvalue weighted by molar-refractivity contribution is 7.89. The van der Waals surface area contributed by atoms with Gasteiger partial charge in [-0.05, 0) is 62.1 Å². The molecule has 158 valence electrons. The molecule has 0 radical (unpaired) electrons. The lowest BCUT2D eigenvalue weighted by Crippen LogP contribution is -2.53. The molecule has 2 aliphatic carbocycles. The third-order valence-corrected chi connectivity index (χ3v) is 8.78. The summed E-state index contributed by atoms with van der Waals surface area (Å²) >= 11 is 11.9. The fourth-order valence-electron chi connectivity index (χ4n) is 5.22. The number of aliphatic carboxylic acids is 1. The van der Waals surface area contributed by atoms with Crippen molar-refractivity contribution in [3.05, 3.63) is 28.2 Å². The van der Waals surface area contributed by atoms with Crippen molar-refractivity contribution in [1.29, 1.82) is 0 Å². The number of nitrogens with one attached hydrogen (secondary N) is 1. The molecule has 1 aliphatic heterocycles. The molecular formula is C19H22Cl2N2O5S. The van der Waals surface area contributed by atoms with E-state index in [9.17, 15) is 23.1 Å². The van der Waals surface area contributed by atoms with Crippen LogP contribution in [-0.2, 0) is 19.6 Å². The second-order valence-electron chi connectivity index (χ2n) is 8.11. The van der Waals surface area contributed by atoms with E-state index in [0.717, 1.165) is 19.3 Å². The van der Waals surface area contributed by atoms with Gasteiger partial charge in [0, 0.05) is 22.6 Å². The van der Waals surface area contributed by atoms with Crippen molar-refractivity contribution < 1.29 is 23.1 Å². The molecule has 3 fully saturated rings. The Bertz CT molecular complexity index is 934. The summed E-state index contributed by atoms with van der Waals surface area (Å²) in [4.78, 5) is 24.6. The minimum Gasteiger partial charge on any atom is -0.481 e. The molecule has 1 amide bonds. The first-order valence-electron chi connectivity index (χ1n) is 9.69. The molecule has 7 nitrogen and oxygen atoms in total. The number of fused-ring (bicyclic) bond motifs is 2. The molecule has 1 aromatic carbocycles. The fraction of sp³-hybridized carbons (Fsp3) is 0.579. The molecule has 1 heterocycles. The number of carbonyl (C=O) groups is 2. The van der Waals surface area contributed by atoms with Gasteiger partial charge in [0.05, 0.1) is 10.8 Å². The van der Waals surface area contributed by atoms with Crippen LogP contribution in [0.3, 0.4) is 0 Å². The Morgan fingerprint density at radius 1 is 1.07 bits per heavy atom. The van der Waals surface area contributed by atoms with Crippen LogP contribution in [0.1, 0.15) is 32.1 Å². The highest BCUT2D eigenvalue weighted by Gasteiger charge is 2.52. The molecule has 5 atom stereocenters. The molecule has 0 aromatic heterocycles. The SMILES string of the molecule is O=C(O)C1C2CCC(C2)C1NC(=O)[C@@H]1CCCN1S(=O)(=O)c1cc(Cl)cc(Cl)c1. The van der Waals surface area contributed by atoms with Crippen molar-refractivity contribution in [2.75, 3.05) is 6.54 Å². The van der Waals surface area contributed by atoms with Gasteiger partial charge in [0.25, 0.3) is 0 Å². The molecule has 4 unspecified atom stereocenters. The van der Waals surface area contributed by atoms with Crippen molar-refractivity contribution in [3.63, 3.8) is 0 Å². The zero-order chi connectivity index (χ0) is 20.9. The molecular weight excluding hydrogens is 439 g/mol. The summed E-state index contributed by atoms with van der Waals surface area (Å²) in [5, 5.41) is 12.9. The molecule has 1 aromatic rings. The Balaban J connectivity index is 1.55. The van der Waals surface area contributed by atoms with Crippen LogP contribution in [0.2, 0.25) is 10.0 Å². The summed E-state index contributed by atoms with van der Waals surface area (Å²) in [6, 6.07) is 2.76. The number of hydrogen-bond donors (Lipinski definition) is 2. The van der Waals surface area contributed by atoms with Crippen LogP contribution in [0.5, 0.6) is 0 Å². The van der Waals surface area contributed by atoms with Gasteiger partial charge in [-0.2, -0.15) is 4.31 Å². The highest BCUT2D eigenvalue weighted by atomic mass is 35.5. The standard InChI is InChI=1S/C19H22Cl2N2O5S/c20-12-7-13(21)9-14(8-12)29(27,28)23-5-1-2-15(23)18(24)22-17-11-4-3-10(6-11)16(17)19(25)26/h7-11,15-17H,1-6H2,(H,22,24)(H,25,26)/t10?,11?,15-,16?,17?/m0/s1. The van der Waals surface area contributed by atoms with Gasteiger partial charge in [-0.25, -0.2) is 8.42 Å². The first-order chi connectivity index (χ1) is 13.7. The van der Waals surface area contributed by atoms with E-state index >= 15 is 0 Å². The van der Waals surface area contributed by atoms with E-state index in [2.05, 4.69) is 5.32 Å². The van der Waals surface area contributed by atoms with Gasteiger partial charge < -0.3 is 10.4 Å². The molecule has 0 spiro atoms. The first kappa shape index (κ1) is 20.9. The number of carboxylic acids is 1. The van der Waals surface area contributed by atoms with Crippen LogP contribution in [0.15, 0.2) is 23.1 Å². The average molecular weight is 461 g/mol. The number of halogens is 2. The fourth-order valence-corrected chi connectivity index (χ4v) is 7.60. The second-order valence-corrected chi connectivity index (χ2v) is 10.9. The first-order valence-corrected chi connectivity index (χ1v) is 11.9. The van der Waals surface area contributed by atoms with Crippen LogP contribution in [0.25, 0.3) is 0 Å². The molecule has 29 heavy (non-hydrogen) atoms. The van der Waals surface area contributed by atoms with Gasteiger partial charge in [0.1, 0.15) is 6.04 Å². The second kappa shape index (κ2) is 7.72. The number of rotatable bonds is 5. The van der Waals surface area contributed by atoms with E-state index in [0.29, 0.717) is 12.8 Å². The lowest BCUT2D eigenvalue weighted by atomic mass is 9.84. The van der Waals surface area contributed by atoms with E-state index in [4.69, 9.17) is 23.2 Å². The predicted molar refractivity (Wildman–Crippen MR) is 107 cm³/mol. The molecule has 2 bridgehead atoms. The van der Waals surface area contributed by atoms with Crippen molar-refractivity contribution >= 4 is 45.1 Å². The van der Waals surface area contributed by atoms with E-state index < -0.39 is 39.9 Å². The Labute approximate surface area is 179 Å². The normalized spacial score (nSPS) is 31.9. The number of carboxylic acid groups (broad SMARTS) is 1. The van der Waals surface area contributed by atoms with Crippen LogP contribution in [-0.4, -0.2) is 48.3 Å². The zero-order valence-electron chi connectivity index (χ0n) is 15.6. The number of hydrogen-bond acceptors (Lipinski definition) is 4. The largest absolute Gasteiger partial charge is 0.481 e. The van der Waals surface area contributed by atoms with Crippen molar-refractivity contribution in [3.8, 4) is 0 Å². The Morgan fingerprint density at radius 3 is 2.38 bits per heavy atom. The molecule has 10 heteroatoms. The van der Waals surface area contributed by atoms with E-state index in [1.165, 1.54) is 22.5 Å². The maximum Gasteiger partial charge on any atom is 0.308 e. The molecule has 3 aliphatic rings. The number of carbonyl (C=O) groups excluding carboxylic acids is 1. The highest BCUT2D eigenvalue weighted by Crippen LogP contribution is 2.48. The lowest BCUT2D eigenvalue weighted by Gasteiger charge is -2.31. The van der Waals surface area contributed by atoms with Crippen molar-refractivity contribution in [2.45, 2.75) is 49.1 Å². The van der Waals surface area contributed by atoms with E-state index in [1.807, 2.05) is 0 Å². The minimum absolute atomic E-state index is 0.0574. The van der Waals surface area contributed by atoms with Crippen LogP contribution >= 0.6 is 23.2 Å². The monoisotopic (exact) mass is 460 g/mol. The van der Waals surface area contributed by atoms with Crippen molar-refractivity contribution in [1.82, 2.24) is 9.62 Å². The van der Waals surface area contributed by atoms with Crippen molar-refractivity contribution in [2.24, 2.45) is 17.8 Å². The van der Waals surface area contributed by atoms with Gasteiger partial charge in [0.15, 0.2) is 0 Å². The van der Waals surface area contributed by atoms with Gasteiger partial charge in [0.2, 0.25) is 15.9 Å². The molecule has 2 N–H and O–H groups in total.